The molecule has 4 rings (SSSR count). The lowest BCUT2D eigenvalue weighted by Gasteiger charge is -2.17. The molecule has 0 spiro atoms. The molecule has 0 unspecified atom stereocenters. The predicted molar refractivity (Wildman–Crippen MR) is 87.1 cm³/mol. The highest BCUT2D eigenvalue weighted by Crippen LogP contribution is 2.31. The van der Waals surface area contributed by atoms with Crippen molar-refractivity contribution < 1.29 is 14.6 Å². The van der Waals surface area contributed by atoms with E-state index in [0.29, 0.717) is 18.9 Å². The maximum absolute atomic E-state index is 11.3. The van der Waals surface area contributed by atoms with Gasteiger partial charge < -0.3 is 9.84 Å². The summed E-state index contributed by atoms with van der Waals surface area (Å²) in [5.41, 5.74) is 2.47. The minimum absolute atomic E-state index is 0.248. The van der Waals surface area contributed by atoms with Crippen molar-refractivity contribution in [2.75, 3.05) is 13.2 Å². The number of hydrogen-bond acceptors (Lipinski definition) is 5. The van der Waals surface area contributed by atoms with Gasteiger partial charge in [0.25, 0.3) is 0 Å². The number of hydrogen-bond donors (Lipinski definition) is 1. The number of carbonyl (C=O) groups is 1. The molecule has 1 N–H and O–H groups in total. The highest BCUT2D eigenvalue weighted by atomic mass is 32.1. The Morgan fingerprint density at radius 1 is 1.39 bits per heavy atom. The molecule has 0 saturated heterocycles. The van der Waals surface area contributed by atoms with E-state index in [1.807, 2.05) is 17.4 Å². The number of aryl methyl sites for hydroxylation is 2. The predicted octanol–water partition coefficient (Wildman–Crippen LogP) is 2.72. The second-order valence-electron chi connectivity index (χ2n) is 5.99. The second-order valence-corrected chi connectivity index (χ2v) is 7.16. The molecule has 1 aliphatic carbocycles. The van der Waals surface area contributed by atoms with E-state index in [1.165, 1.54) is 23.4 Å². The van der Waals surface area contributed by atoms with Crippen LogP contribution >= 0.6 is 11.3 Å². The molecule has 0 bridgehead atoms. The largest absolute Gasteiger partial charge is 0.491 e. The summed E-state index contributed by atoms with van der Waals surface area (Å²) in [6.07, 6.45) is 3.51. The van der Waals surface area contributed by atoms with Crippen LogP contribution in [0.1, 0.15) is 37.9 Å². The van der Waals surface area contributed by atoms with Crippen LogP contribution < -0.4 is 4.74 Å². The molecule has 120 valence electrons. The van der Waals surface area contributed by atoms with E-state index in [-0.39, 0.29) is 5.56 Å². The van der Waals surface area contributed by atoms with E-state index in [4.69, 9.17) is 9.72 Å². The fourth-order valence-corrected chi connectivity index (χ4v) is 4.48. The molecule has 1 aliphatic heterocycles. The van der Waals surface area contributed by atoms with Crippen molar-refractivity contribution in [2.24, 2.45) is 0 Å². The number of ether oxygens (including phenoxy) is 1. The average Bonchev–Trinajstić information content (AvgIpc) is 3.02. The van der Waals surface area contributed by atoms with Crippen LogP contribution in [0.2, 0.25) is 0 Å². The molecular weight excluding hydrogens is 312 g/mol. The van der Waals surface area contributed by atoms with Crippen molar-refractivity contribution in [1.82, 2.24) is 9.88 Å². The quantitative estimate of drug-likeness (QED) is 0.937. The first-order valence-corrected chi connectivity index (χ1v) is 8.70. The molecule has 0 saturated carbocycles. The topological polar surface area (TPSA) is 62.7 Å². The fourth-order valence-electron chi connectivity index (χ4n) is 3.28. The van der Waals surface area contributed by atoms with Crippen LogP contribution in [-0.4, -0.2) is 34.1 Å². The number of nitrogens with zero attached hydrogens (tertiary/aromatic N) is 2. The molecule has 0 fully saturated rings. The van der Waals surface area contributed by atoms with Gasteiger partial charge in [-0.05, 0) is 25.3 Å². The maximum Gasteiger partial charge on any atom is 0.339 e. The van der Waals surface area contributed by atoms with Gasteiger partial charge in [0.05, 0.1) is 12.2 Å². The lowest BCUT2D eigenvalue weighted by Crippen LogP contribution is -2.25. The van der Waals surface area contributed by atoms with Crippen molar-refractivity contribution >= 4 is 17.3 Å². The lowest BCUT2D eigenvalue weighted by molar-refractivity contribution is 0.0692. The van der Waals surface area contributed by atoms with E-state index in [2.05, 4.69) is 4.90 Å². The smallest absolute Gasteiger partial charge is 0.339 e. The molecule has 23 heavy (non-hydrogen) atoms. The van der Waals surface area contributed by atoms with Gasteiger partial charge in [0, 0.05) is 23.5 Å². The number of carboxylic acid groups (broad SMARTS) is 1. The zero-order valence-corrected chi connectivity index (χ0v) is 13.6. The number of aromatic nitrogens is 1. The van der Waals surface area contributed by atoms with Crippen LogP contribution in [0.5, 0.6) is 5.75 Å². The summed E-state index contributed by atoms with van der Waals surface area (Å²) in [6.45, 7) is 2.78. The zero-order valence-electron chi connectivity index (χ0n) is 12.7. The molecule has 1 aromatic carbocycles. The normalized spacial score (nSPS) is 17.2. The summed E-state index contributed by atoms with van der Waals surface area (Å²) in [5.74, 6) is -0.421. The Labute approximate surface area is 138 Å². The van der Waals surface area contributed by atoms with E-state index in [0.717, 1.165) is 30.1 Å². The van der Waals surface area contributed by atoms with Crippen molar-refractivity contribution in [1.29, 1.82) is 0 Å². The SMILES string of the molecule is O=C(O)c1cccc2c1OCCN(Cc1nc3c(s1)CCC3)C2. The Morgan fingerprint density at radius 3 is 3.13 bits per heavy atom. The molecule has 2 aliphatic rings. The molecule has 0 radical (unpaired) electrons. The van der Waals surface area contributed by atoms with Crippen molar-refractivity contribution in [3.8, 4) is 5.75 Å². The van der Waals surface area contributed by atoms with Gasteiger partial charge >= 0.3 is 5.97 Å². The van der Waals surface area contributed by atoms with Gasteiger partial charge in [0.2, 0.25) is 0 Å². The molecular formula is C17H18N2O3S. The van der Waals surface area contributed by atoms with E-state index >= 15 is 0 Å². The zero-order chi connectivity index (χ0) is 15.8. The summed E-state index contributed by atoms with van der Waals surface area (Å²) in [6, 6.07) is 5.33. The van der Waals surface area contributed by atoms with E-state index < -0.39 is 5.97 Å². The van der Waals surface area contributed by atoms with Crippen molar-refractivity contribution in [3.05, 3.63) is 44.9 Å². The minimum atomic E-state index is -0.938. The van der Waals surface area contributed by atoms with Gasteiger partial charge in [-0.1, -0.05) is 12.1 Å². The summed E-state index contributed by atoms with van der Waals surface area (Å²) in [7, 11) is 0. The first-order valence-electron chi connectivity index (χ1n) is 7.88. The lowest BCUT2D eigenvalue weighted by atomic mass is 10.1. The number of para-hydroxylation sites is 1. The number of benzene rings is 1. The van der Waals surface area contributed by atoms with Crippen LogP contribution in [-0.2, 0) is 25.9 Å². The second kappa shape index (κ2) is 5.94. The molecule has 1 aromatic heterocycles. The Kier molecular flexibility index (Phi) is 3.79. The Morgan fingerprint density at radius 2 is 2.30 bits per heavy atom. The molecule has 0 atom stereocenters. The molecule has 2 heterocycles. The van der Waals surface area contributed by atoms with Gasteiger partial charge in [-0.15, -0.1) is 11.3 Å². The van der Waals surface area contributed by atoms with Crippen LogP contribution in [0.4, 0.5) is 0 Å². The van der Waals surface area contributed by atoms with Gasteiger partial charge in [-0.2, -0.15) is 0 Å². The van der Waals surface area contributed by atoms with Gasteiger partial charge in [0.1, 0.15) is 22.9 Å². The Hall–Kier alpha value is -1.92. The van der Waals surface area contributed by atoms with E-state index in [9.17, 15) is 9.90 Å². The number of thiazole rings is 1. The third-order valence-corrected chi connectivity index (χ3v) is 5.52. The maximum atomic E-state index is 11.3. The van der Waals surface area contributed by atoms with Crippen LogP contribution in [0.3, 0.4) is 0 Å². The molecule has 6 heteroatoms. The monoisotopic (exact) mass is 330 g/mol. The van der Waals surface area contributed by atoms with Crippen molar-refractivity contribution in [3.63, 3.8) is 0 Å². The summed E-state index contributed by atoms with van der Waals surface area (Å²) in [5, 5.41) is 10.5. The van der Waals surface area contributed by atoms with Gasteiger partial charge in [-0.3, -0.25) is 4.90 Å². The van der Waals surface area contributed by atoms with Crippen LogP contribution in [0.15, 0.2) is 18.2 Å². The number of fused-ring (bicyclic) bond motifs is 2. The third-order valence-electron chi connectivity index (χ3n) is 4.37. The van der Waals surface area contributed by atoms with Crippen molar-refractivity contribution in [2.45, 2.75) is 32.4 Å². The first-order chi connectivity index (χ1) is 11.2. The first kappa shape index (κ1) is 14.7. The average molecular weight is 330 g/mol. The summed E-state index contributed by atoms with van der Waals surface area (Å²) >= 11 is 1.82. The van der Waals surface area contributed by atoms with Crippen LogP contribution in [0, 0.1) is 0 Å². The number of carboxylic acids is 1. The highest BCUT2D eigenvalue weighted by Gasteiger charge is 2.23. The third kappa shape index (κ3) is 2.84. The summed E-state index contributed by atoms with van der Waals surface area (Å²) in [4.78, 5) is 19.8. The highest BCUT2D eigenvalue weighted by molar-refractivity contribution is 7.11. The fraction of sp³-hybridized carbons (Fsp3) is 0.412. The number of aromatic carboxylic acids is 1. The minimum Gasteiger partial charge on any atom is -0.491 e. The van der Waals surface area contributed by atoms with Crippen LogP contribution in [0.25, 0.3) is 0 Å². The molecule has 0 amide bonds. The standard InChI is InChI=1S/C17H18N2O3S/c20-17(21)12-4-1-3-11-9-19(7-8-22-16(11)12)10-15-18-13-5-2-6-14(13)23-15/h1,3-4H,2,5-10H2,(H,20,21). The van der Waals surface area contributed by atoms with Gasteiger partial charge in [-0.25, -0.2) is 9.78 Å². The van der Waals surface area contributed by atoms with E-state index in [1.54, 1.807) is 12.1 Å². The summed E-state index contributed by atoms with van der Waals surface area (Å²) < 4.78 is 5.73. The Bertz CT molecular complexity index is 735. The number of rotatable bonds is 3. The molecule has 2 aromatic rings. The molecule has 5 nitrogen and oxygen atoms in total. The Balaban J connectivity index is 1.55. The van der Waals surface area contributed by atoms with Gasteiger partial charge in [0.15, 0.2) is 0 Å².